The average Bonchev–Trinajstić information content (AvgIpc) is 2.37. The van der Waals surface area contributed by atoms with Gasteiger partial charge >= 0.3 is 0 Å². The molecular weight excluding hydrogens is 312 g/mol. The second-order valence-corrected chi connectivity index (χ2v) is 6.65. The van der Waals surface area contributed by atoms with Gasteiger partial charge in [0.05, 0.1) is 5.69 Å². The van der Waals surface area contributed by atoms with E-state index in [1.807, 2.05) is 6.07 Å². The molecule has 3 rings (SSSR count). The molecule has 0 aliphatic heterocycles. The van der Waals surface area contributed by atoms with Crippen LogP contribution < -0.4 is 0 Å². The fraction of sp³-hybridized carbons (Fsp3) is 0.412. The number of rotatable bonds is 3. The number of aromatic nitrogens is 2. The molecule has 0 atom stereocenters. The van der Waals surface area contributed by atoms with Gasteiger partial charge in [0, 0.05) is 11.5 Å². The first-order valence-corrected chi connectivity index (χ1v) is 8.07. The molecule has 0 amide bonds. The Kier molecular flexibility index (Phi) is 3.88. The molecule has 2 aromatic rings. The van der Waals surface area contributed by atoms with Crippen molar-refractivity contribution in [3.8, 4) is 11.3 Å². The largest absolute Gasteiger partial charge is 0.233 e. The maximum absolute atomic E-state index is 4.67. The molecule has 1 aliphatic carbocycles. The molecule has 0 saturated heterocycles. The van der Waals surface area contributed by atoms with Crippen molar-refractivity contribution < 1.29 is 0 Å². The Morgan fingerprint density at radius 2 is 1.80 bits per heavy atom. The molecule has 0 radical (unpaired) electrons. The molecule has 1 fully saturated rings. The minimum absolute atomic E-state index is 0.334. The first kappa shape index (κ1) is 13.7. The summed E-state index contributed by atoms with van der Waals surface area (Å²) in [6.07, 6.45) is 4.06. The Morgan fingerprint density at radius 1 is 1.10 bits per heavy atom. The van der Waals surface area contributed by atoms with Crippen LogP contribution in [-0.4, -0.2) is 9.97 Å². The van der Waals surface area contributed by atoms with Gasteiger partial charge in [0.1, 0.15) is 10.4 Å². The molecule has 1 heterocycles. The molecule has 0 unspecified atom stereocenters. The van der Waals surface area contributed by atoms with Gasteiger partial charge in [-0.15, -0.1) is 0 Å². The van der Waals surface area contributed by atoms with Gasteiger partial charge in [0.25, 0.3) is 0 Å². The highest BCUT2D eigenvalue weighted by molar-refractivity contribution is 9.10. The third-order valence-corrected chi connectivity index (χ3v) is 4.42. The van der Waals surface area contributed by atoms with Gasteiger partial charge in [-0.1, -0.05) is 44.5 Å². The lowest BCUT2D eigenvalue weighted by Crippen LogP contribution is -2.08. The topological polar surface area (TPSA) is 25.8 Å². The van der Waals surface area contributed by atoms with Gasteiger partial charge < -0.3 is 0 Å². The molecular formula is C17H19BrN2. The van der Waals surface area contributed by atoms with Gasteiger partial charge in [-0.3, -0.25) is 0 Å². The summed E-state index contributed by atoms with van der Waals surface area (Å²) >= 11 is 3.49. The summed E-state index contributed by atoms with van der Waals surface area (Å²) in [5.41, 5.74) is 3.63. The molecule has 0 spiro atoms. The normalized spacial score (nSPS) is 15.4. The van der Waals surface area contributed by atoms with E-state index in [2.05, 4.69) is 64.0 Å². The molecule has 0 bridgehead atoms. The van der Waals surface area contributed by atoms with Crippen LogP contribution >= 0.6 is 15.9 Å². The molecule has 1 aromatic carbocycles. The zero-order chi connectivity index (χ0) is 14.1. The molecule has 20 heavy (non-hydrogen) atoms. The quantitative estimate of drug-likeness (QED) is 0.714. The van der Waals surface area contributed by atoms with E-state index in [9.17, 15) is 0 Å². The summed E-state index contributed by atoms with van der Waals surface area (Å²) in [5, 5.41) is 0. The minimum atomic E-state index is 0.334. The summed E-state index contributed by atoms with van der Waals surface area (Å²) in [4.78, 5) is 9.10. The third kappa shape index (κ3) is 2.78. The van der Waals surface area contributed by atoms with Crippen molar-refractivity contribution in [1.82, 2.24) is 9.97 Å². The van der Waals surface area contributed by atoms with Crippen LogP contribution in [0.3, 0.4) is 0 Å². The van der Waals surface area contributed by atoms with Crippen molar-refractivity contribution in [3.63, 3.8) is 0 Å². The highest BCUT2D eigenvalue weighted by Gasteiger charge is 2.19. The molecule has 3 heteroatoms. The van der Waals surface area contributed by atoms with Crippen LogP contribution in [0.25, 0.3) is 11.3 Å². The lowest BCUT2D eigenvalue weighted by Gasteiger charge is -2.25. The Balaban J connectivity index is 1.91. The van der Waals surface area contributed by atoms with Crippen LogP contribution in [-0.2, 0) is 0 Å². The Hall–Kier alpha value is -1.22. The van der Waals surface area contributed by atoms with Gasteiger partial charge in [0.15, 0.2) is 0 Å². The molecule has 104 valence electrons. The zero-order valence-electron chi connectivity index (χ0n) is 11.9. The summed E-state index contributed by atoms with van der Waals surface area (Å²) in [5.74, 6) is 2.00. The maximum atomic E-state index is 4.67. The lowest BCUT2D eigenvalue weighted by molar-refractivity contribution is 0.420. The van der Waals surface area contributed by atoms with Gasteiger partial charge in [-0.05, 0) is 46.3 Å². The van der Waals surface area contributed by atoms with Crippen LogP contribution in [0.15, 0.2) is 34.9 Å². The first-order valence-electron chi connectivity index (χ1n) is 7.28. The van der Waals surface area contributed by atoms with Crippen molar-refractivity contribution in [2.75, 3.05) is 0 Å². The van der Waals surface area contributed by atoms with E-state index in [4.69, 9.17) is 0 Å². The molecule has 2 nitrogen and oxygen atoms in total. The number of hydrogen-bond donors (Lipinski definition) is 0. The highest BCUT2D eigenvalue weighted by atomic mass is 79.9. The highest BCUT2D eigenvalue weighted by Crippen LogP contribution is 2.36. The average molecular weight is 331 g/mol. The van der Waals surface area contributed by atoms with E-state index >= 15 is 0 Å². The molecule has 1 aromatic heterocycles. The van der Waals surface area contributed by atoms with Gasteiger partial charge in [-0.2, -0.15) is 0 Å². The number of nitrogens with zero attached hydrogens (tertiary/aromatic N) is 2. The molecule has 1 aliphatic rings. The SMILES string of the molecule is CC(C)c1nc(Br)cc(-c2ccc(C3CCC3)cc2)n1. The number of halogens is 1. The summed E-state index contributed by atoms with van der Waals surface area (Å²) in [6.45, 7) is 4.23. The molecule has 1 saturated carbocycles. The van der Waals surface area contributed by atoms with Crippen LogP contribution in [0.1, 0.15) is 56.3 Å². The third-order valence-electron chi connectivity index (χ3n) is 4.01. The van der Waals surface area contributed by atoms with Gasteiger partial charge in [-0.25, -0.2) is 9.97 Å². The number of hydrogen-bond acceptors (Lipinski definition) is 2. The van der Waals surface area contributed by atoms with Crippen LogP contribution in [0.4, 0.5) is 0 Å². The monoisotopic (exact) mass is 330 g/mol. The van der Waals surface area contributed by atoms with E-state index in [0.29, 0.717) is 5.92 Å². The predicted octanol–water partition coefficient (Wildman–Crippen LogP) is 5.30. The Bertz CT molecular complexity index is 601. The maximum Gasteiger partial charge on any atom is 0.132 e. The second kappa shape index (κ2) is 5.65. The van der Waals surface area contributed by atoms with E-state index < -0.39 is 0 Å². The second-order valence-electron chi connectivity index (χ2n) is 5.84. The standard InChI is InChI=1S/C17H19BrN2/c1-11(2)17-19-15(10-16(18)20-17)14-8-6-13(7-9-14)12-4-3-5-12/h6-12H,3-5H2,1-2H3. The van der Waals surface area contributed by atoms with Crippen LogP contribution in [0.2, 0.25) is 0 Å². The van der Waals surface area contributed by atoms with E-state index in [0.717, 1.165) is 27.6 Å². The van der Waals surface area contributed by atoms with Crippen LogP contribution in [0.5, 0.6) is 0 Å². The summed E-state index contributed by atoms with van der Waals surface area (Å²) in [6, 6.07) is 10.9. The Labute approximate surface area is 128 Å². The Morgan fingerprint density at radius 3 is 2.35 bits per heavy atom. The first-order chi connectivity index (χ1) is 9.63. The zero-order valence-corrected chi connectivity index (χ0v) is 13.5. The fourth-order valence-corrected chi connectivity index (χ4v) is 2.91. The van der Waals surface area contributed by atoms with Crippen molar-refractivity contribution in [1.29, 1.82) is 0 Å². The number of benzene rings is 1. The molecule has 0 N–H and O–H groups in total. The predicted molar refractivity (Wildman–Crippen MR) is 85.8 cm³/mol. The fourth-order valence-electron chi connectivity index (χ4n) is 2.51. The lowest BCUT2D eigenvalue weighted by atomic mass is 9.80. The smallest absolute Gasteiger partial charge is 0.132 e. The van der Waals surface area contributed by atoms with E-state index in [1.54, 1.807) is 0 Å². The summed E-state index contributed by atoms with van der Waals surface area (Å²) in [7, 11) is 0. The minimum Gasteiger partial charge on any atom is -0.233 e. The van der Waals surface area contributed by atoms with E-state index in [-0.39, 0.29) is 0 Å². The van der Waals surface area contributed by atoms with Crippen molar-refractivity contribution in [3.05, 3.63) is 46.3 Å². The summed E-state index contributed by atoms with van der Waals surface area (Å²) < 4.78 is 0.856. The van der Waals surface area contributed by atoms with Crippen molar-refractivity contribution in [2.45, 2.75) is 44.9 Å². The van der Waals surface area contributed by atoms with Gasteiger partial charge in [0.2, 0.25) is 0 Å². The van der Waals surface area contributed by atoms with Crippen molar-refractivity contribution >= 4 is 15.9 Å². The van der Waals surface area contributed by atoms with E-state index in [1.165, 1.54) is 24.8 Å². The van der Waals surface area contributed by atoms with Crippen molar-refractivity contribution in [2.24, 2.45) is 0 Å². The van der Waals surface area contributed by atoms with Crippen LogP contribution in [0, 0.1) is 0 Å².